The molecule has 0 aromatic rings. The van der Waals surface area contributed by atoms with E-state index in [1.807, 2.05) is 0 Å². The highest BCUT2D eigenvalue weighted by molar-refractivity contribution is 5.94. The van der Waals surface area contributed by atoms with E-state index in [1.165, 1.54) is 24.1 Å². The minimum Gasteiger partial charge on any atom is -0.385 e. The Labute approximate surface area is 144 Å². The highest BCUT2D eigenvalue weighted by Crippen LogP contribution is 2.74. The molecular formula is C21H29NO2. The quantitative estimate of drug-likeness (QED) is 0.696. The lowest BCUT2D eigenvalue weighted by molar-refractivity contribution is -0.157. The van der Waals surface area contributed by atoms with Crippen LogP contribution in [0, 0.1) is 28.6 Å². The van der Waals surface area contributed by atoms with E-state index >= 15 is 0 Å². The average Bonchev–Trinajstić information content (AvgIpc) is 3.10. The number of aliphatic hydroxyl groups is 1. The Kier molecular flexibility index (Phi) is 2.42. The van der Waals surface area contributed by atoms with Crippen LogP contribution in [0.5, 0.6) is 0 Å². The largest absolute Gasteiger partial charge is 0.385 e. The predicted molar refractivity (Wildman–Crippen MR) is 91.3 cm³/mol. The van der Waals surface area contributed by atoms with Crippen molar-refractivity contribution in [2.75, 3.05) is 13.1 Å². The van der Waals surface area contributed by atoms with Gasteiger partial charge >= 0.3 is 0 Å². The van der Waals surface area contributed by atoms with Crippen LogP contribution in [0.25, 0.3) is 0 Å². The summed E-state index contributed by atoms with van der Waals surface area (Å²) in [5, 5.41) is 11.4. The minimum absolute atomic E-state index is 0.0621. The van der Waals surface area contributed by atoms with Gasteiger partial charge < -0.3 is 5.11 Å². The van der Waals surface area contributed by atoms with Gasteiger partial charge in [0.1, 0.15) is 5.78 Å². The second kappa shape index (κ2) is 4.01. The molecular weight excluding hydrogens is 298 g/mol. The second-order valence-corrected chi connectivity index (χ2v) is 10.1. The maximum absolute atomic E-state index is 14.0. The Bertz CT molecular complexity index is 698. The molecule has 130 valence electrons. The van der Waals surface area contributed by atoms with Crippen LogP contribution >= 0.6 is 0 Å². The molecule has 24 heavy (non-hydrogen) atoms. The lowest BCUT2D eigenvalue weighted by Crippen LogP contribution is -2.65. The van der Waals surface area contributed by atoms with Gasteiger partial charge in [-0.2, -0.15) is 0 Å². The molecule has 2 bridgehead atoms. The maximum Gasteiger partial charge on any atom is 0.147 e. The van der Waals surface area contributed by atoms with E-state index in [2.05, 4.69) is 18.7 Å². The monoisotopic (exact) mass is 327 g/mol. The number of rotatable bonds is 0. The fourth-order valence-electron chi connectivity index (χ4n) is 8.58. The van der Waals surface area contributed by atoms with Gasteiger partial charge in [-0.3, -0.25) is 9.69 Å². The molecule has 6 aliphatic rings. The number of ketones is 1. The zero-order valence-electron chi connectivity index (χ0n) is 15.0. The van der Waals surface area contributed by atoms with Gasteiger partial charge in [-0.05, 0) is 62.4 Å². The summed E-state index contributed by atoms with van der Waals surface area (Å²) in [5.74, 6) is 1.87. The van der Waals surface area contributed by atoms with Crippen molar-refractivity contribution in [2.45, 2.75) is 70.4 Å². The molecule has 1 N–H and O–H groups in total. The van der Waals surface area contributed by atoms with Crippen LogP contribution in [-0.2, 0) is 4.79 Å². The van der Waals surface area contributed by atoms with Crippen molar-refractivity contribution in [1.82, 2.24) is 4.90 Å². The number of hydrogen-bond donors (Lipinski definition) is 1. The van der Waals surface area contributed by atoms with Gasteiger partial charge in [-0.15, -0.1) is 0 Å². The molecule has 6 rings (SSSR count). The number of nitrogens with zero attached hydrogens (tertiary/aromatic N) is 1. The van der Waals surface area contributed by atoms with Crippen LogP contribution < -0.4 is 0 Å². The molecule has 1 spiro atoms. The van der Waals surface area contributed by atoms with E-state index < -0.39 is 5.60 Å². The average molecular weight is 327 g/mol. The van der Waals surface area contributed by atoms with Crippen LogP contribution in [0.1, 0.15) is 58.8 Å². The lowest BCUT2D eigenvalue weighted by Gasteiger charge is -2.59. The summed E-state index contributed by atoms with van der Waals surface area (Å²) in [6.07, 6.45) is 7.10. The third kappa shape index (κ3) is 1.24. The number of fused-ring (bicyclic) bond motifs is 1. The predicted octanol–water partition coefficient (Wildman–Crippen LogP) is 2.93. The summed E-state index contributed by atoms with van der Waals surface area (Å²) in [7, 11) is 0. The molecule has 0 radical (unpaired) electrons. The first kappa shape index (κ1) is 14.5. The Morgan fingerprint density at radius 1 is 1.17 bits per heavy atom. The van der Waals surface area contributed by atoms with Gasteiger partial charge in [0.05, 0.1) is 11.0 Å². The number of hydrogen-bond acceptors (Lipinski definition) is 3. The summed E-state index contributed by atoms with van der Waals surface area (Å²) >= 11 is 0. The molecule has 4 aliphatic carbocycles. The van der Waals surface area contributed by atoms with E-state index in [9.17, 15) is 9.90 Å². The Hall–Kier alpha value is -0.670. The Balaban J connectivity index is 1.67. The van der Waals surface area contributed by atoms with Gasteiger partial charge in [0.2, 0.25) is 0 Å². The van der Waals surface area contributed by atoms with E-state index in [0.29, 0.717) is 23.7 Å². The van der Waals surface area contributed by atoms with E-state index in [4.69, 9.17) is 0 Å². The molecule has 3 nitrogen and oxygen atoms in total. The minimum atomic E-state index is -0.648. The fourth-order valence-corrected chi connectivity index (χ4v) is 8.58. The van der Waals surface area contributed by atoms with Crippen molar-refractivity contribution in [3.8, 4) is 0 Å². The molecule has 4 fully saturated rings. The molecule has 3 heteroatoms. The number of carbonyl (C=O) groups is 1. The van der Waals surface area contributed by atoms with Crippen LogP contribution in [0.3, 0.4) is 0 Å². The summed E-state index contributed by atoms with van der Waals surface area (Å²) in [6.45, 7) is 7.04. The van der Waals surface area contributed by atoms with Crippen LogP contribution in [-0.4, -0.2) is 40.5 Å². The molecule has 2 aliphatic heterocycles. The molecule has 2 saturated carbocycles. The fraction of sp³-hybridized carbons (Fsp3) is 0.857. The first-order valence-corrected chi connectivity index (χ1v) is 10.2. The van der Waals surface area contributed by atoms with Crippen molar-refractivity contribution in [2.24, 2.45) is 28.6 Å². The third-order valence-corrected chi connectivity index (χ3v) is 9.59. The van der Waals surface area contributed by atoms with Crippen molar-refractivity contribution < 1.29 is 9.90 Å². The first-order valence-electron chi connectivity index (χ1n) is 10.2. The number of allylic oxidation sites excluding steroid dienone is 1. The summed E-state index contributed by atoms with van der Waals surface area (Å²) in [5.41, 5.74) is 1.83. The third-order valence-electron chi connectivity index (χ3n) is 9.59. The van der Waals surface area contributed by atoms with E-state index in [0.717, 1.165) is 45.1 Å². The summed E-state index contributed by atoms with van der Waals surface area (Å²) in [4.78, 5) is 16.7. The smallest absolute Gasteiger partial charge is 0.147 e. The SMILES string of the molecule is CC1CN2CC3CCC4=C5C(O)(CC4)CCC54C(=O)C1CC2C34C. The second-order valence-electron chi connectivity index (χ2n) is 10.1. The van der Waals surface area contributed by atoms with Gasteiger partial charge in [0.25, 0.3) is 0 Å². The molecule has 7 unspecified atom stereocenters. The summed E-state index contributed by atoms with van der Waals surface area (Å²) in [6, 6.07) is 0.566. The van der Waals surface area contributed by atoms with Crippen molar-refractivity contribution in [1.29, 1.82) is 0 Å². The van der Waals surface area contributed by atoms with Gasteiger partial charge in [0.15, 0.2) is 0 Å². The first-order chi connectivity index (χ1) is 11.4. The Morgan fingerprint density at radius 2 is 2.00 bits per heavy atom. The van der Waals surface area contributed by atoms with Gasteiger partial charge in [0, 0.05) is 30.5 Å². The van der Waals surface area contributed by atoms with Gasteiger partial charge in [-0.1, -0.05) is 19.4 Å². The number of carbonyl (C=O) groups excluding carboxylic acids is 1. The number of piperidine rings is 1. The zero-order chi connectivity index (χ0) is 16.5. The zero-order valence-corrected chi connectivity index (χ0v) is 15.0. The topological polar surface area (TPSA) is 40.5 Å². The van der Waals surface area contributed by atoms with Crippen molar-refractivity contribution >= 4 is 5.78 Å². The van der Waals surface area contributed by atoms with Crippen LogP contribution in [0.15, 0.2) is 11.1 Å². The molecule has 2 heterocycles. The number of Topliss-reactive ketones (excluding diaryl/α,β-unsaturated/α-hetero) is 1. The molecule has 0 aromatic heterocycles. The summed E-state index contributed by atoms with van der Waals surface area (Å²) < 4.78 is 0. The van der Waals surface area contributed by atoms with Crippen LogP contribution in [0.2, 0.25) is 0 Å². The van der Waals surface area contributed by atoms with Crippen molar-refractivity contribution in [3.63, 3.8) is 0 Å². The molecule has 0 amide bonds. The standard InChI is InChI=1S/C21H29NO2/c1-12-10-22-11-14-4-3-13-5-6-20(24)7-8-21(17(13)20)18(23)15(12)9-16(22)19(14,21)2/h12,14-16,24H,3-11H2,1-2H3. The molecule has 0 aromatic carbocycles. The lowest BCUT2D eigenvalue weighted by atomic mass is 9.45. The highest BCUT2D eigenvalue weighted by Gasteiger charge is 2.76. The molecule has 7 atom stereocenters. The highest BCUT2D eigenvalue weighted by atomic mass is 16.3. The Morgan fingerprint density at radius 3 is 2.83 bits per heavy atom. The van der Waals surface area contributed by atoms with E-state index in [1.54, 1.807) is 0 Å². The van der Waals surface area contributed by atoms with Crippen LogP contribution in [0.4, 0.5) is 0 Å². The molecule has 2 saturated heterocycles. The van der Waals surface area contributed by atoms with Crippen molar-refractivity contribution in [3.05, 3.63) is 11.1 Å². The maximum atomic E-state index is 14.0. The van der Waals surface area contributed by atoms with E-state index in [-0.39, 0.29) is 16.7 Å². The van der Waals surface area contributed by atoms with Gasteiger partial charge in [-0.25, -0.2) is 0 Å². The normalized spacial score (nSPS) is 58.2.